The minimum absolute atomic E-state index is 0.0387. The van der Waals surface area contributed by atoms with Crippen LogP contribution in [0, 0.1) is 6.92 Å². The van der Waals surface area contributed by atoms with E-state index in [0.717, 1.165) is 31.9 Å². The van der Waals surface area contributed by atoms with Gasteiger partial charge in [0.25, 0.3) is 5.91 Å². The van der Waals surface area contributed by atoms with Crippen molar-refractivity contribution in [2.24, 2.45) is 0 Å². The Morgan fingerprint density at radius 1 is 1.06 bits per heavy atom. The normalized spacial score (nSPS) is 14.4. The summed E-state index contributed by atoms with van der Waals surface area (Å²) in [6, 6.07) is 10.7. The number of carbonyl (C=O) groups excluding carboxylic acids is 2. The zero-order valence-corrected chi connectivity index (χ0v) is 21.1. The first kappa shape index (κ1) is 25.3. The second-order valence-electron chi connectivity index (χ2n) is 8.75. The summed E-state index contributed by atoms with van der Waals surface area (Å²) in [5.74, 6) is 0.671. The van der Waals surface area contributed by atoms with Crippen LogP contribution in [0.3, 0.4) is 0 Å². The maximum atomic E-state index is 12.9. The second kappa shape index (κ2) is 11.3. The summed E-state index contributed by atoms with van der Waals surface area (Å²) in [4.78, 5) is 31.7. The van der Waals surface area contributed by atoms with Crippen LogP contribution >= 0.6 is 0 Å². The number of carbonyl (C=O) groups is 2. The van der Waals surface area contributed by atoms with Crippen molar-refractivity contribution in [1.29, 1.82) is 0 Å². The largest absolute Gasteiger partial charge is 0.477 e. The van der Waals surface area contributed by atoms with Crippen LogP contribution < -0.4 is 15.0 Å². The van der Waals surface area contributed by atoms with Crippen LogP contribution in [0.5, 0.6) is 5.88 Å². The molecule has 3 aromatic rings. The molecule has 3 heterocycles. The maximum Gasteiger partial charge on any atom is 0.259 e. The van der Waals surface area contributed by atoms with Gasteiger partial charge in [0.05, 0.1) is 30.6 Å². The lowest BCUT2D eigenvalue weighted by Crippen LogP contribution is -2.48. The van der Waals surface area contributed by atoms with E-state index < -0.39 is 0 Å². The predicted octanol–water partition coefficient (Wildman–Crippen LogP) is 1.83. The Morgan fingerprint density at radius 2 is 1.78 bits per heavy atom. The van der Waals surface area contributed by atoms with Gasteiger partial charge < -0.3 is 19.9 Å². The average molecular weight is 493 g/mol. The molecule has 1 aliphatic rings. The monoisotopic (exact) mass is 492 g/mol. The molecule has 0 aliphatic carbocycles. The molecule has 11 heteroatoms. The van der Waals surface area contributed by atoms with Crippen molar-refractivity contribution in [3.8, 4) is 11.7 Å². The lowest BCUT2D eigenvalue weighted by Gasteiger charge is -2.32. The van der Waals surface area contributed by atoms with Gasteiger partial charge in [-0.05, 0) is 51.2 Å². The Kier molecular flexibility index (Phi) is 7.91. The van der Waals surface area contributed by atoms with Gasteiger partial charge in [-0.15, -0.1) is 10.2 Å². The molecule has 2 aromatic heterocycles. The Morgan fingerprint density at radius 3 is 2.42 bits per heavy atom. The molecule has 11 nitrogen and oxygen atoms in total. The van der Waals surface area contributed by atoms with Gasteiger partial charge >= 0.3 is 0 Å². The summed E-state index contributed by atoms with van der Waals surface area (Å²) in [6.45, 7) is 8.29. The van der Waals surface area contributed by atoms with E-state index >= 15 is 0 Å². The first-order valence-corrected chi connectivity index (χ1v) is 12.0. The molecule has 0 atom stereocenters. The molecule has 36 heavy (non-hydrogen) atoms. The van der Waals surface area contributed by atoms with E-state index in [4.69, 9.17) is 4.74 Å². The highest BCUT2D eigenvalue weighted by Gasteiger charge is 2.20. The molecule has 4 rings (SSSR count). The first-order chi connectivity index (χ1) is 17.4. The SMILES string of the molecule is CCOc1ccc(-n2ncc(C(=O)Nc3ccc(N(C)C(=O)CN4CCN(C)CC4)cc3)c2C)nn1. The second-order valence-corrected chi connectivity index (χ2v) is 8.75. The molecule has 0 unspecified atom stereocenters. The number of rotatable bonds is 8. The quantitative estimate of drug-likeness (QED) is 0.507. The number of benzene rings is 1. The van der Waals surface area contributed by atoms with Gasteiger partial charge in [0.1, 0.15) is 0 Å². The van der Waals surface area contributed by atoms with E-state index in [1.165, 1.54) is 6.20 Å². The molecule has 190 valence electrons. The topological polar surface area (TPSA) is 109 Å². The first-order valence-electron chi connectivity index (χ1n) is 12.0. The molecule has 1 aliphatic heterocycles. The van der Waals surface area contributed by atoms with Crippen molar-refractivity contribution < 1.29 is 14.3 Å². The van der Waals surface area contributed by atoms with E-state index in [0.29, 0.717) is 41.8 Å². The maximum absolute atomic E-state index is 12.9. The number of piperazine rings is 1. The molecule has 2 amide bonds. The summed E-state index contributed by atoms with van der Waals surface area (Å²) in [7, 11) is 3.86. The molecule has 1 N–H and O–H groups in total. The van der Waals surface area contributed by atoms with E-state index in [-0.39, 0.29) is 11.8 Å². The Hall–Kier alpha value is -3.83. The summed E-state index contributed by atoms with van der Waals surface area (Å²) in [5.41, 5.74) is 2.45. The molecule has 1 saturated heterocycles. The van der Waals surface area contributed by atoms with Crippen molar-refractivity contribution in [3.05, 3.63) is 53.9 Å². The minimum Gasteiger partial charge on any atom is -0.477 e. The molecule has 0 spiro atoms. The number of nitrogens with zero attached hydrogens (tertiary/aromatic N) is 7. The molecule has 0 saturated carbocycles. The van der Waals surface area contributed by atoms with Crippen LogP contribution in [0.2, 0.25) is 0 Å². The van der Waals surface area contributed by atoms with Crippen LogP contribution in [0.1, 0.15) is 23.0 Å². The van der Waals surface area contributed by atoms with Gasteiger partial charge in [0.15, 0.2) is 5.82 Å². The number of ether oxygens (including phenoxy) is 1. The van der Waals surface area contributed by atoms with E-state index in [1.54, 1.807) is 47.8 Å². The molecular formula is C25H32N8O3. The summed E-state index contributed by atoms with van der Waals surface area (Å²) < 4.78 is 6.88. The number of amides is 2. The van der Waals surface area contributed by atoms with Crippen molar-refractivity contribution in [1.82, 2.24) is 29.8 Å². The Bertz CT molecular complexity index is 1190. The number of anilines is 2. The lowest BCUT2D eigenvalue weighted by molar-refractivity contribution is -0.119. The number of hydrogen-bond acceptors (Lipinski definition) is 8. The third-order valence-corrected chi connectivity index (χ3v) is 6.23. The minimum atomic E-state index is -0.287. The van der Waals surface area contributed by atoms with Crippen molar-refractivity contribution in [2.75, 3.05) is 63.6 Å². The van der Waals surface area contributed by atoms with Crippen LogP contribution in [0.15, 0.2) is 42.6 Å². The van der Waals surface area contributed by atoms with Gasteiger partial charge in [0, 0.05) is 50.7 Å². The highest BCUT2D eigenvalue weighted by Crippen LogP contribution is 2.20. The highest BCUT2D eigenvalue weighted by atomic mass is 16.5. The van der Waals surface area contributed by atoms with Gasteiger partial charge in [0.2, 0.25) is 11.8 Å². The van der Waals surface area contributed by atoms with E-state index in [2.05, 4.69) is 37.5 Å². The van der Waals surface area contributed by atoms with Crippen LogP contribution in [0.4, 0.5) is 11.4 Å². The standard InChI is InChI=1S/C25H32N8O3/c1-5-36-23-11-10-22(28-29-23)33-18(2)21(16-26-33)25(35)27-19-6-8-20(9-7-19)31(4)24(34)17-32-14-12-30(3)13-15-32/h6-11,16H,5,12-15,17H2,1-4H3,(H,27,35). The fourth-order valence-electron chi connectivity index (χ4n) is 3.93. The van der Waals surface area contributed by atoms with Gasteiger partial charge in [-0.25, -0.2) is 4.68 Å². The van der Waals surface area contributed by atoms with Crippen LogP contribution in [0.25, 0.3) is 5.82 Å². The molecule has 1 fully saturated rings. The van der Waals surface area contributed by atoms with Crippen LogP contribution in [-0.2, 0) is 4.79 Å². The van der Waals surface area contributed by atoms with E-state index in [1.807, 2.05) is 19.1 Å². The third kappa shape index (κ3) is 5.86. The van der Waals surface area contributed by atoms with Crippen molar-refractivity contribution >= 4 is 23.2 Å². The summed E-state index contributed by atoms with van der Waals surface area (Å²) in [6.07, 6.45) is 1.50. The van der Waals surface area contributed by atoms with Gasteiger partial charge in [-0.1, -0.05) is 0 Å². The Labute approximate surface area is 210 Å². The summed E-state index contributed by atoms with van der Waals surface area (Å²) >= 11 is 0. The lowest BCUT2D eigenvalue weighted by atomic mass is 10.2. The average Bonchev–Trinajstić information content (AvgIpc) is 3.27. The van der Waals surface area contributed by atoms with Crippen molar-refractivity contribution in [3.63, 3.8) is 0 Å². The zero-order valence-electron chi connectivity index (χ0n) is 21.1. The molecule has 0 radical (unpaired) electrons. The number of aromatic nitrogens is 4. The smallest absolute Gasteiger partial charge is 0.259 e. The fraction of sp³-hybridized carbons (Fsp3) is 0.400. The van der Waals surface area contributed by atoms with Crippen LogP contribution in [-0.4, -0.2) is 95.0 Å². The number of hydrogen-bond donors (Lipinski definition) is 1. The predicted molar refractivity (Wildman–Crippen MR) is 137 cm³/mol. The van der Waals surface area contributed by atoms with Gasteiger partial charge in [-0.2, -0.15) is 5.10 Å². The third-order valence-electron chi connectivity index (χ3n) is 6.23. The Balaban J connectivity index is 1.36. The highest BCUT2D eigenvalue weighted by molar-refractivity contribution is 6.05. The number of nitrogens with one attached hydrogen (secondary N) is 1. The fourth-order valence-corrected chi connectivity index (χ4v) is 3.93. The van der Waals surface area contributed by atoms with E-state index in [9.17, 15) is 9.59 Å². The molecule has 0 bridgehead atoms. The number of likely N-dealkylation sites (N-methyl/N-ethyl adjacent to an activating group) is 2. The van der Waals surface area contributed by atoms with Gasteiger partial charge in [-0.3, -0.25) is 14.5 Å². The molecular weight excluding hydrogens is 460 g/mol. The zero-order chi connectivity index (χ0) is 25.7. The summed E-state index contributed by atoms with van der Waals surface area (Å²) in [5, 5.41) is 15.3. The molecule has 1 aromatic carbocycles. The van der Waals surface area contributed by atoms with Crippen molar-refractivity contribution in [2.45, 2.75) is 13.8 Å².